The quantitative estimate of drug-likeness (QED) is 0.861. The highest BCUT2D eigenvalue weighted by Crippen LogP contribution is 2.24. The lowest BCUT2D eigenvalue weighted by Crippen LogP contribution is -2.10. The second-order valence-electron chi connectivity index (χ2n) is 4.35. The van der Waals surface area contributed by atoms with Crippen LogP contribution >= 0.6 is 0 Å². The summed E-state index contributed by atoms with van der Waals surface area (Å²) < 4.78 is 3.78. The number of hydrogen-bond donors (Lipinski definition) is 1. The maximum absolute atomic E-state index is 6.10. The highest BCUT2D eigenvalue weighted by atomic mass is 15.4. The highest BCUT2D eigenvalue weighted by Gasteiger charge is 2.17. The number of hydrogen-bond acceptors (Lipinski definition) is 3. The largest absolute Gasteiger partial charge is 0.394 e. The van der Waals surface area contributed by atoms with Crippen molar-refractivity contribution in [3.05, 3.63) is 22.6 Å². The summed E-state index contributed by atoms with van der Waals surface area (Å²) in [4.78, 5) is 0. The van der Waals surface area contributed by atoms with Gasteiger partial charge in [0.1, 0.15) is 0 Å². The lowest BCUT2D eigenvalue weighted by Gasteiger charge is -2.08. The van der Waals surface area contributed by atoms with Gasteiger partial charge in [-0.2, -0.15) is 10.2 Å². The summed E-state index contributed by atoms with van der Waals surface area (Å²) >= 11 is 0. The van der Waals surface area contributed by atoms with Gasteiger partial charge < -0.3 is 5.73 Å². The molecule has 2 aromatic heterocycles. The summed E-state index contributed by atoms with van der Waals surface area (Å²) in [5, 5.41) is 8.95. The average Bonchev–Trinajstić information content (AvgIpc) is 2.72. The molecule has 2 rings (SSSR count). The number of nitrogens with zero attached hydrogens (tertiary/aromatic N) is 4. The Bertz CT molecular complexity index is 562. The van der Waals surface area contributed by atoms with Crippen molar-refractivity contribution in [1.29, 1.82) is 0 Å². The van der Waals surface area contributed by atoms with Gasteiger partial charge in [-0.25, -0.2) is 9.36 Å². The number of aromatic nitrogens is 4. The Balaban J connectivity index is 2.71. The van der Waals surface area contributed by atoms with E-state index in [1.165, 1.54) is 5.56 Å². The fourth-order valence-electron chi connectivity index (χ4n) is 1.95. The van der Waals surface area contributed by atoms with Crippen LogP contribution in [0.4, 0.5) is 5.69 Å². The van der Waals surface area contributed by atoms with Crippen LogP contribution in [0.1, 0.15) is 29.6 Å². The molecule has 0 aliphatic rings. The van der Waals surface area contributed by atoms with Crippen molar-refractivity contribution >= 4 is 5.69 Å². The van der Waals surface area contributed by atoms with E-state index in [1.54, 1.807) is 0 Å². The van der Waals surface area contributed by atoms with Gasteiger partial charge in [0.2, 0.25) is 0 Å². The maximum Gasteiger partial charge on any atom is 0.175 e. The van der Waals surface area contributed by atoms with E-state index in [1.807, 2.05) is 30.1 Å². The Kier molecular flexibility index (Phi) is 2.69. The van der Waals surface area contributed by atoms with Crippen molar-refractivity contribution in [2.45, 2.75) is 41.2 Å². The summed E-state index contributed by atoms with van der Waals surface area (Å²) in [5.74, 6) is 0.874. The van der Waals surface area contributed by atoms with Gasteiger partial charge in [-0.1, -0.05) is 0 Å². The van der Waals surface area contributed by atoms with E-state index in [0.717, 1.165) is 29.4 Å². The van der Waals surface area contributed by atoms with Gasteiger partial charge in [-0.05, 0) is 40.2 Å². The van der Waals surface area contributed by atoms with Gasteiger partial charge in [0.25, 0.3) is 0 Å². The molecule has 5 heteroatoms. The summed E-state index contributed by atoms with van der Waals surface area (Å²) in [5.41, 5.74) is 11.0. The molecule has 17 heavy (non-hydrogen) atoms. The van der Waals surface area contributed by atoms with Crippen LogP contribution in [0.25, 0.3) is 5.82 Å². The molecule has 0 saturated heterocycles. The van der Waals surface area contributed by atoms with Crippen molar-refractivity contribution in [2.24, 2.45) is 0 Å². The van der Waals surface area contributed by atoms with Crippen molar-refractivity contribution in [1.82, 2.24) is 19.6 Å². The van der Waals surface area contributed by atoms with E-state index in [9.17, 15) is 0 Å². The van der Waals surface area contributed by atoms with Gasteiger partial charge in [0, 0.05) is 12.2 Å². The standard InChI is InChI=1S/C12H19N5/c1-6-16-12(11(13)9(4)14-16)17-10(5)7(2)8(3)15-17/h6,13H2,1-5H3. The third-order valence-corrected chi connectivity index (χ3v) is 3.30. The molecule has 0 saturated carbocycles. The molecular formula is C12H19N5. The normalized spacial score (nSPS) is 11.1. The first kappa shape index (κ1) is 11.7. The second-order valence-corrected chi connectivity index (χ2v) is 4.35. The zero-order valence-electron chi connectivity index (χ0n) is 11.1. The Morgan fingerprint density at radius 1 is 1.06 bits per heavy atom. The highest BCUT2D eigenvalue weighted by molar-refractivity contribution is 5.57. The van der Waals surface area contributed by atoms with Crippen molar-refractivity contribution < 1.29 is 0 Å². The van der Waals surface area contributed by atoms with Crippen molar-refractivity contribution in [3.8, 4) is 5.82 Å². The van der Waals surface area contributed by atoms with Gasteiger partial charge in [-0.15, -0.1) is 0 Å². The Morgan fingerprint density at radius 3 is 2.18 bits per heavy atom. The van der Waals surface area contributed by atoms with Crippen LogP contribution in [0, 0.1) is 27.7 Å². The minimum Gasteiger partial charge on any atom is -0.394 e. The molecule has 0 unspecified atom stereocenters. The minimum atomic E-state index is 0.706. The average molecular weight is 233 g/mol. The van der Waals surface area contributed by atoms with E-state index >= 15 is 0 Å². The van der Waals surface area contributed by atoms with E-state index in [0.29, 0.717) is 5.69 Å². The van der Waals surface area contributed by atoms with Crippen molar-refractivity contribution in [2.75, 3.05) is 5.73 Å². The van der Waals surface area contributed by atoms with E-state index in [-0.39, 0.29) is 0 Å². The zero-order chi connectivity index (χ0) is 12.7. The molecule has 5 nitrogen and oxygen atoms in total. The lowest BCUT2D eigenvalue weighted by molar-refractivity contribution is 0.613. The van der Waals surface area contributed by atoms with Crippen LogP contribution in [-0.2, 0) is 6.54 Å². The van der Waals surface area contributed by atoms with Gasteiger partial charge in [-0.3, -0.25) is 0 Å². The second kappa shape index (κ2) is 3.91. The van der Waals surface area contributed by atoms with Crippen LogP contribution in [0.3, 0.4) is 0 Å². The first-order valence-electron chi connectivity index (χ1n) is 5.83. The number of nitrogens with two attached hydrogens (primary N) is 1. The topological polar surface area (TPSA) is 61.7 Å². The first-order valence-corrected chi connectivity index (χ1v) is 5.83. The SMILES string of the molecule is CCn1nc(C)c(N)c1-n1nc(C)c(C)c1C. The summed E-state index contributed by atoms with van der Waals surface area (Å²) in [6.45, 7) is 10.9. The fraction of sp³-hybridized carbons (Fsp3) is 0.500. The third kappa shape index (κ3) is 1.62. The number of aryl methyl sites for hydroxylation is 3. The Morgan fingerprint density at radius 2 is 1.71 bits per heavy atom. The van der Waals surface area contributed by atoms with Crippen LogP contribution in [0.15, 0.2) is 0 Å². The molecule has 0 bridgehead atoms. The monoisotopic (exact) mass is 233 g/mol. The molecule has 2 heterocycles. The molecule has 0 fully saturated rings. The number of rotatable bonds is 2. The fourth-order valence-corrected chi connectivity index (χ4v) is 1.95. The summed E-state index contributed by atoms with van der Waals surface area (Å²) in [6, 6.07) is 0. The molecule has 2 N–H and O–H groups in total. The zero-order valence-corrected chi connectivity index (χ0v) is 11.1. The molecule has 0 radical (unpaired) electrons. The van der Waals surface area contributed by atoms with E-state index < -0.39 is 0 Å². The summed E-state index contributed by atoms with van der Waals surface area (Å²) in [6.07, 6.45) is 0. The van der Waals surface area contributed by atoms with Crippen LogP contribution in [-0.4, -0.2) is 19.6 Å². The first-order chi connectivity index (χ1) is 7.97. The van der Waals surface area contributed by atoms with Crippen LogP contribution < -0.4 is 5.73 Å². The van der Waals surface area contributed by atoms with Gasteiger partial charge >= 0.3 is 0 Å². The predicted octanol–water partition coefficient (Wildman–Crippen LogP) is 1.90. The van der Waals surface area contributed by atoms with Gasteiger partial charge in [0.15, 0.2) is 5.82 Å². The van der Waals surface area contributed by atoms with E-state index in [2.05, 4.69) is 24.0 Å². The van der Waals surface area contributed by atoms with Crippen LogP contribution in [0.5, 0.6) is 0 Å². The molecule has 0 spiro atoms. The minimum absolute atomic E-state index is 0.706. The van der Waals surface area contributed by atoms with Gasteiger partial charge in [0.05, 0.1) is 17.1 Å². The summed E-state index contributed by atoms with van der Waals surface area (Å²) in [7, 11) is 0. The molecule has 0 aliphatic heterocycles. The van der Waals surface area contributed by atoms with Crippen LogP contribution in [0.2, 0.25) is 0 Å². The molecular weight excluding hydrogens is 214 g/mol. The molecule has 0 atom stereocenters. The Labute approximate surface area is 101 Å². The molecule has 92 valence electrons. The number of anilines is 1. The maximum atomic E-state index is 6.10. The molecule has 0 amide bonds. The lowest BCUT2D eigenvalue weighted by atomic mass is 10.2. The smallest absolute Gasteiger partial charge is 0.175 e. The predicted molar refractivity (Wildman–Crippen MR) is 68.4 cm³/mol. The van der Waals surface area contributed by atoms with E-state index in [4.69, 9.17) is 5.73 Å². The molecule has 0 aliphatic carbocycles. The third-order valence-electron chi connectivity index (χ3n) is 3.30. The number of nitrogen functional groups attached to an aromatic ring is 1. The molecule has 2 aromatic rings. The molecule has 0 aromatic carbocycles. The Hall–Kier alpha value is -1.78. The van der Waals surface area contributed by atoms with Crippen molar-refractivity contribution in [3.63, 3.8) is 0 Å².